The van der Waals surface area contributed by atoms with Gasteiger partial charge in [-0.2, -0.15) is 5.10 Å². The normalized spacial score (nSPS) is 18.5. The molecule has 0 saturated carbocycles. The Morgan fingerprint density at radius 2 is 2.04 bits per heavy atom. The van der Waals surface area contributed by atoms with Gasteiger partial charge in [0.25, 0.3) is 5.91 Å². The number of nitrogens with one attached hydrogen (secondary N) is 1. The van der Waals surface area contributed by atoms with Gasteiger partial charge in [-0.15, -0.1) is 0 Å². The van der Waals surface area contributed by atoms with E-state index in [0.717, 1.165) is 0 Å². The van der Waals surface area contributed by atoms with Gasteiger partial charge in [0, 0.05) is 16.5 Å². The molecular weight excluding hydrogens is 423 g/mol. The van der Waals surface area contributed by atoms with E-state index in [9.17, 15) is 13.2 Å². The predicted molar refractivity (Wildman–Crippen MR) is 109 cm³/mol. The van der Waals surface area contributed by atoms with Crippen LogP contribution in [0, 0.1) is 6.92 Å². The van der Waals surface area contributed by atoms with Crippen molar-refractivity contribution in [2.24, 2.45) is 0 Å². The SMILES string of the molecule is Cc1cc(NC(=O)c2cc(Cl)c3cc(Cl)ccc3n2)n([C@@H]2CCS(=O)(=O)C2)n1. The number of carbonyl (C=O) groups is 1. The van der Waals surface area contributed by atoms with Crippen LogP contribution in [0.15, 0.2) is 30.3 Å². The van der Waals surface area contributed by atoms with Crippen molar-refractivity contribution in [3.63, 3.8) is 0 Å². The zero-order chi connectivity index (χ0) is 20.1. The highest BCUT2D eigenvalue weighted by Gasteiger charge is 2.31. The lowest BCUT2D eigenvalue weighted by Gasteiger charge is -2.14. The summed E-state index contributed by atoms with van der Waals surface area (Å²) in [4.78, 5) is 17.1. The van der Waals surface area contributed by atoms with Crippen LogP contribution in [0.3, 0.4) is 0 Å². The summed E-state index contributed by atoms with van der Waals surface area (Å²) < 4.78 is 25.2. The summed E-state index contributed by atoms with van der Waals surface area (Å²) in [5.74, 6) is 0.103. The van der Waals surface area contributed by atoms with Gasteiger partial charge >= 0.3 is 0 Å². The zero-order valence-corrected chi connectivity index (χ0v) is 17.1. The lowest BCUT2D eigenvalue weighted by atomic mass is 10.2. The molecule has 2 aromatic heterocycles. The Labute approximate surface area is 171 Å². The van der Waals surface area contributed by atoms with Gasteiger partial charge in [0.1, 0.15) is 11.5 Å². The number of aryl methyl sites for hydroxylation is 1. The monoisotopic (exact) mass is 438 g/mol. The number of benzene rings is 1. The molecule has 28 heavy (non-hydrogen) atoms. The van der Waals surface area contributed by atoms with Gasteiger partial charge in [0.15, 0.2) is 9.84 Å². The van der Waals surface area contributed by atoms with Crippen molar-refractivity contribution >= 4 is 55.7 Å². The van der Waals surface area contributed by atoms with Crippen LogP contribution in [0.4, 0.5) is 5.82 Å². The lowest BCUT2D eigenvalue weighted by Crippen LogP contribution is -2.20. The maximum atomic E-state index is 12.8. The van der Waals surface area contributed by atoms with Crippen LogP contribution in [0.5, 0.6) is 0 Å². The minimum Gasteiger partial charge on any atom is -0.305 e. The maximum absolute atomic E-state index is 12.8. The summed E-state index contributed by atoms with van der Waals surface area (Å²) in [6.45, 7) is 1.78. The van der Waals surface area contributed by atoms with E-state index >= 15 is 0 Å². The molecule has 1 fully saturated rings. The Kier molecular flexibility index (Phi) is 4.81. The average molecular weight is 439 g/mol. The molecular formula is C18H16Cl2N4O3S. The van der Waals surface area contributed by atoms with Gasteiger partial charge in [0.2, 0.25) is 0 Å². The predicted octanol–water partition coefficient (Wildman–Crippen LogP) is 3.66. The summed E-state index contributed by atoms with van der Waals surface area (Å²) in [5.41, 5.74) is 1.37. The van der Waals surface area contributed by atoms with E-state index in [-0.39, 0.29) is 23.2 Å². The number of amides is 1. The highest BCUT2D eigenvalue weighted by Crippen LogP contribution is 2.29. The molecule has 0 aliphatic carbocycles. The van der Waals surface area contributed by atoms with Gasteiger partial charge in [-0.05, 0) is 37.6 Å². The third-order valence-corrected chi connectivity index (χ3v) is 6.90. The van der Waals surface area contributed by atoms with Crippen LogP contribution in [0.25, 0.3) is 10.9 Å². The molecule has 1 amide bonds. The number of anilines is 1. The zero-order valence-electron chi connectivity index (χ0n) is 14.8. The molecule has 3 aromatic rings. The van der Waals surface area contributed by atoms with Crippen molar-refractivity contribution in [2.45, 2.75) is 19.4 Å². The standard InChI is InChI=1S/C18H16Cl2N4O3S/c1-10-6-17(24(23-10)12-4-5-28(26,27)9-12)22-18(25)16-8-14(20)13-7-11(19)2-3-15(13)21-16/h2-3,6-8,12H,4-5,9H2,1H3,(H,22,25)/t12-/m1/s1. The summed E-state index contributed by atoms with van der Waals surface area (Å²) in [6.07, 6.45) is 0.465. The molecule has 146 valence electrons. The Hall–Kier alpha value is -2.16. The van der Waals surface area contributed by atoms with E-state index in [0.29, 0.717) is 38.9 Å². The first kappa shape index (κ1) is 19.2. The highest BCUT2D eigenvalue weighted by atomic mass is 35.5. The van der Waals surface area contributed by atoms with Crippen LogP contribution in [-0.2, 0) is 9.84 Å². The number of hydrogen-bond acceptors (Lipinski definition) is 5. The van der Waals surface area contributed by atoms with E-state index in [1.807, 2.05) is 0 Å². The second-order valence-corrected chi connectivity index (χ2v) is 9.85. The second-order valence-electron chi connectivity index (χ2n) is 6.78. The number of sulfone groups is 1. The molecule has 1 aliphatic heterocycles. The molecule has 0 bridgehead atoms. The quantitative estimate of drug-likeness (QED) is 0.672. The number of pyridine rings is 1. The van der Waals surface area contributed by atoms with Crippen LogP contribution in [0.1, 0.15) is 28.6 Å². The van der Waals surface area contributed by atoms with Crippen LogP contribution in [-0.4, -0.2) is 40.6 Å². The largest absolute Gasteiger partial charge is 0.305 e. The van der Waals surface area contributed by atoms with E-state index in [2.05, 4.69) is 15.4 Å². The van der Waals surface area contributed by atoms with Gasteiger partial charge in [-0.1, -0.05) is 23.2 Å². The molecule has 1 saturated heterocycles. The molecule has 7 nitrogen and oxygen atoms in total. The van der Waals surface area contributed by atoms with Crippen molar-refractivity contribution in [1.29, 1.82) is 0 Å². The topological polar surface area (TPSA) is 94.0 Å². The minimum absolute atomic E-state index is 0.0117. The molecule has 1 atom stereocenters. The van der Waals surface area contributed by atoms with Crippen LogP contribution in [0.2, 0.25) is 10.0 Å². The summed E-state index contributed by atoms with van der Waals surface area (Å²) >= 11 is 12.3. The number of aromatic nitrogens is 3. The fraction of sp³-hybridized carbons (Fsp3) is 0.278. The number of nitrogens with zero attached hydrogens (tertiary/aromatic N) is 3. The van der Waals surface area contributed by atoms with Crippen LogP contribution >= 0.6 is 23.2 Å². The van der Waals surface area contributed by atoms with Gasteiger partial charge in [-0.3, -0.25) is 4.79 Å². The fourth-order valence-electron chi connectivity index (χ4n) is 3.31. The second kappa shape index (κ2) is 7.02. The molecule has 1 N–H and O–H groups in total. The Morgan fingerprint density at radius 1 is 1.25 bits per heavy atom. The molecule has 0 spiro atoms. The maximum Gasteiger partial charge on any atom is 0.275 e. The van der Waals surface area contributed by atoms with E-state index in [1.165, 1.54) is 6.07 Å². The molecule has 0 radical (unpaired) electrons. The summed E-state index contributed by atoms with van der Waals surface area (Å²) in [5, 5.41) is 8.68. The molecule has 3 heterocycles. The third kappa shape index (κ3) is 3.72. The van der Waals surface area contributed by atoms with Crippen molar-refractivity contribution in [1.82, 2.24) is 14.8 Å². The Morgan fingerprint density at radius 3 is 2.75 bits per heavy atom. The van der Waals surface area contributed by atoms with Crippen molar-refractivity contribution in [3.05, 3.63) is 51.8 Å². The molecule has 1 aromatic carbocycles. The number of halogens is 2. The summed E-state index contributed by atoms with van der Waals surface area (Å²) in [7, 11) is -3.08. The Bertz CT molecular complexity index is 1210. The van der Waals surface area contributed by atoms with Crippen LogP contribution < -0.4 is 5.32 Å². The molecule has 1 aliphatic rings. The number of carbonyl (C=O) groups excluding carboxylic acids is 1. The number of fused-ring (bicyclic) bond motifs is 1. The molecule has 0 unspecified atom stereocenters. The minimum atomic E-state index is -3.08. The molecule has 10 heteroatoms. The number of rotatable bonds is 3. The highest BCUT2D eigenvalue weighted by molar-refractivity contribution is 7.91. The first-order valence-corrected chi connectivity index (χ1v) is 11.1. The number of hydrogen-bond donors (Lipinski definition) is 1. The van der Waals surface area contributed by atoms with Crippen molar-refractivity contribution in [2.75, 3.05) is 16.8 Å². The third-order valence-electron chi connectivity index (χ3n) is 4.61. The van der Waals surface area contributed by atoms with Gasteiger partial charge in [-0.25, -0.2) is 18.1 Å². The Balaban J connectivity index is 1.64. The first-order chi connectivity index (χ1) is 13.2. The van der Waals surface area contributed by atoms with E-state index < -0.39 is 15.7 Å². The smallest absolute Gasteiger partial charge is 0.275 e. The fourth-order valence-corrected chi connectivity index (χ4v) is 5.43. The molecule has 4 rings (SSSR count). The van der Waals surface area contributed by atoms with Crippen molar-refractivity contribution < 1.29 is 13.2 Å². The van der Waals surface area contributed by atoms with E-state index in [4.69, 9.17) is 23.2 Å². The average Bonchev–Trinajstić information content (AvgIpc) is 3.17. The van der Waals surface area contributed by atoms with Crippen molar-refractivity contribution in [3.8, 4) is 0 Å². The lowest BCUT2D eigenvalue weighted by molar-refractivity contribution is 0.102. The summed E-state index contributed by atoms with van der Waals surface area (Å²) in [6, 6.07) is 7.93. The first-order valence-electron chi connectivity index (χ1n) is 8.55. The van der Waals surface area contributed by atoms with Gasteiger partial charge in [0.05, 0.1) is 33.8 Å². The van der Waals surface area contributed by atoms with E-state index in [1.54, 1.807) is 35.9 Å². The van der Waals surface area contributed by atoms with Gasteiger partial charge < -0.3 is 5.32 Å².